The first-order valence-electron chi connectivity index (χ1n) is 13.2. The van der Waals surface area contributed by atoms with Crippen molar-refractivity contribution in [3.63, 3.8) is 0 Å². The van der Waals surface area contributed by atoms with Crippen LogP contribution in [0.3, 0.4) is 0 Å². The number of carbonyl (C=O) groups is 1. The molecule has 0 radical (unpaired) electrons. The summed E-state index contributed by atoms with van der Waals surface area (Å²) < 4.78 is 9.00. The van der Waals surface area contributed by atoms with E-state index in [9.17, 15) is 15.0 Å². The summed E-state index contributed by atoms with van der Waals surface area (Å²) in [5, 5.41) is 31.5. The number of pyridine rings is 2. The van der Waals surface area contributed by atoms with Crippen LogP contribution in [0.25, 0.3) is 21.3 Å². The highest BCUT2D eigenvalue weighted by Crippen LogP contribution is 2.37. The maximum absolute atomic E-state index is 12.1. The Morgan fingerprint density at radius 1 is 1.27 bits per heavy atom. The molecule has 0 fully saturated rings. The van der Waals surface area contributed by atoms with Crippen LogP contribution in [-0.2, 0) is 24.9 Å². The van der Waals surface area contributed by atoms with Crippen molar-refractivity contribution >= 4 is 38.6 Å². The van der Waals surface area contributed by atoms with E-state index in [-0.39, 0.29) is 18.4 Å². The second-order valence-electron chi connectivity index (χ2n) is 10.3. The Labute approximate surface area is 234 Å². The van der Waals surface area contributed by atoms with Crippen molar-refractivity contribution in [1.82, 2.24) is 29.9 Å². The van der Waals surface area contributed by atoms with Crippen molar-refractivity contribution in [2.45, 2.75) is 51.8 Å². The summed E-state index contributed by atoms with van der Waals surface area (Å²) in [5.74, 6) is -0.616. The molecule has 1 aliphatic rings. The lowest BCUT2D eigenvalue weighted by Gasteiger charge is -2.24. The fraction of sp³-hybridized carbons (Fsp3) is 0.345. The molecule has 4 aromatic heterocycles. The van der Waals surface area contributed by atoms with Crippen LogP contribution in [0.4, 0.5) is 0 Å². The number of fused-ring (bicyclic) bond motifs is 3. The molecule has 5 aromatic rings. The van der Waals surface area contributed by atoms with Gasteiger partial charge < -0.3 is 14.9 Å². The molecule has 0 aliphatic carbocycles. The number of carboxylic acids is 1. The molecule has 1 aliphatic heterocycles. The number of aryl methyl sites for hydroxylation is 2. The number of hydrogen-bond acceptors (Lipinski definition) is 9. The highest BCUT2D eigenvalue weighted by atomic mass is 32.1. The number of carboxylic acid groups (broad SMARTS) is 1. The van der Waals surface area contributed by atoms with Crippen LogP contribution >= 0.6 is 11.3 Å². The molecule has 1 aromatic carbocycles. The Bertz CT molecular complexity index is 1730. The number of aromatic nitrogens is 5. The van der Waals surface area contributed by atoms with E-state index in [0.29, 0.717) is 42.2 Å². The van der Waals surface area contributed by atoms with Crippen molar-refractivity contribution in [3.05, 3.63) is 69.9 Å². The highest BCUT2D eigenvalue weighted by Gasteiger charge is 2.27. The predicted molar refractivity (Wildman–Crippen MR) is 152 cm³/mol. The third-order valence-corrected chi connectivity index (χ3v) is 8.62. The lowest BCUT2D eigenvalue weighted by molar-refractivity contribution is -0.137. The normalized spacial score (nSPS) is 16.5. The number of hydrogen-bond donors (Lipinski definition) is 2. The Morgan fingerprint density at radius 3 is 2.92 bits per heavy atom. The molecule has 2 atom stereocenters. The predicted octanol–water partition coefficient (Wildman–Crippen LogP) is 4.77. The minimum Gasteiger partial charge on any atom is -0.493 e. The minimum absolute atomic E-state index is 0.0122. The van der Waals surface area contributed by atoms with E-state index < -0.39 is 11.9 Å². The van der Waals surface area contributed by atoms with Crippen LogP contribution < -0.4 is 4.74 Å². The van der Waals surface area contributed by atoms with Gasteiger partial charge in [-0.25, -0.2) is 14.6 Å². The van der Waals surface area contributed by atoms with E-state index in [1.165, 1.54) is 4.70 Å². The maximum Gasteiger partial charge on any atom is 0.304 e. The van der Waals surface area contributed by atoms with Gasteiger partial charge in [-0.2, -0.15) is 0 Å². The van der Waals surface area contributed by atoms with Crippen molar-refractivity contribution < 1.29 is 19.7 Å². The molecule has 11 heteroatoms. The molecule has 0 saturated carbocycles. The molecule has 2 N–H and O–H groups in total. The largest absolute Gasteiger partial charge is 0.493 e. The Hall–Kier alpha value is -4.09. The van der Waals surface area contributed by atoms with Gasteiger partial charge in [0, 0.05) is 49.6 Å². The van der Waals surface area contributed by atoms with Crippen LogP contribution in [0.15, 0.2) is 41.9 Å². The third-order valence-electron chi connectivity index (χ3n) is 7.61. The van der Waals surface area contributed by atoms with E-state index in [0.717, 1.165) is 34.1 Å². The lowest BCUT2D eigenvalue weighted by Crippen LogP contribution is -2.32. The molecular weight excluding hydrogens is 528 g/mol. The van der Waals surface area contributed by atoms with Gasteiger partial charge in [0.05, 0.1) is 6.42 Å². The number of thiophene rings is 1. The zero-order valence-electron chi connectivity index (χ0n) is 22.5. The number of nitrogens with zero attached hydrogens (tertiary/aromatic N) is 6. The zero-order valence-corrected chi connectivity index (χ0v) is 23.4. The molecule has 0 spiro atoms. The standard InChI is InChI=1S/C29H30N6O4S/c1-4-20-14-35(15-23-24(39-20)5-6-25(36)31-23)13-19-10-18(9-17-7-8-40-28(17)19)21(11-26(37)38)22-12-30-29-27(16(22)2)32-33-34(29)3/h5-10,12,20-21H,4,11,13-15H2,1-3H3,(H,31,36)(H,37,38)/t20-,21+/m1/s1. The first kappa shape index (κ1) is 26.1. The molecule has 0 amide bonds. The molecule has 10 nitrogen and oxygen atoms in total. The maximum atomic E-state index is 12.1. The lowest BCUT2D eigenvalue weighted by atomic mass is 9.85. The molecule has 206 valence electrons. The number of rotatable bonds is 7. The monoisotopic (exact) mass is 558 g/mol. The average molecular weight is 559 g/mol. The summed E-state index contributed by atoms with van der Waals surface area (Å²) in [6, 6.07) is 9.65. The summed E-state index contributed by atoms with van der Waals surface area (Å²) in [4.78, 5) is 23.3. The van der Waals surface area contributed by atoms with Crippen molar-refractivity contribution in [2.24, 2.45) is 7.05 Å². The fourth-order valence-corrected chi connectivity index (χ4v) is 6.48. The van der Waals surface area contributed by atoms with Crippen LogP contribution in [0.2, 0.25) is 0 Å². The minimum atomic E-state index is -0.881. The number of aliphatic carboxylic acids is 1. The fourth-order valence-electron chi connectivity index (χ4n) is 5.59. The van der Waals surface area contributed by atoms with Gasteiger partial charge >= 0.3 is 5.97 Å². The van der Waals surface area contributed by atoms with Crippen molar-refractivity contribution in [3.8, 4) is 11.6 Å². The average Bonchev–Trinajstić information content (AvgIpc) is 3.51. The van der Waals surface area contributed by atoms with Gasteiger partial charge in [-0.15, -0.1) is 16.4 Å². The summed E-state index contributed by atoms with van der Waals surface area (Å²) in [6.07, 6.45) is 2.51. The van der Waals surface area contributed by atoms with Gasteiger partial charge in [-0.3, -0.25) is 9.69 Å². The van der Waals surface area contributed by atoms with Gasteiger partial charge in [0.2, 0.25) is 5.88 Å². The Morgan fingerprint density at radius 2 is 2.12 bits per heavy atom. The Kier molecular flexibility index (Phi) is 6.85. The number of aromatic hydroxyl groups is 1. The van der Waals surface area contributed by atoms with E-state index in [2.05, 4.69) is 55.7 Å². The van der Waals surface area contributed by atoms with E-state index in [4.69, 9.17) is 4.74 Å². The first-order chi connectivity index (χ1) is 19.3. The van der Waals surface area contributed by atoms with Crippen LogP contribution in [0.1, 0.15) is 53.6 Å². The smallest absolute Gasteiger partial charge is 0.304 e. The van der Waals surface area contributed by atoms with Gasteiger partial charge in [0.25, 0.3) is 0 Å². The zero-order chi connectivity index (χ0) is 28.0. The molecule has 0 bridgehead atoms. The van der Waals surface area contributed by atoms with Crippen LogP contribution in [0, 0.1) is 6.92 Å². The summed E-state index contributed by atoms with van der Waals surface area (Å²) >= 11 is 1.68. The van der Waals surface area contributed by atoms with Gasteiger partial charge in [0.1, 0.15) is 23.1 Å². The van der Waals surface area contributed by atoms with Gasteiger partial charge in [0.15, 0.2) is 5.65 Å². The van der Waals surface area contributed by atoms with Crippen molar-refractivity contribution in [1.29, 1.82) is 0 Å². The first-order valence-corrected chi connectivity index (χ1v) is 14.1. The molecule has 0 unspecified atom stereocenters. The quantitative estimate of drug-likeness (QED) is 0.290. The molecule has 40 heavy (non-hydrogen) atoms. The number of ether oxygens (including phenoxy) is 1. The second kappa shape index (κ2) is 10.5. The van der Waals surface area contributed by atoms with E-state index in [1.807, 2.05) is 6.92 Å². The molecule has 0 saturated heterocycles. The summed E-state index contributed by atoms with van der Waals surface area (Å²) in [5.41, 5.74) is 5.80. The molecular formula is C29H30N6O4S. The van der Waals surface area contributed by atoms with Gasteiger partial charge in [-0.05, 0) is 64.6 Å². The second-order valence-corrected chi connectivity index (χ2v) is 11.2. The topological polar surface area (TPSA) is 126 Å². The molecule has 5 heterocycles. The third kappa shape index (κ3) is 4.86. The number of benzene rings is 1. The van der Waals surface area contributed by atoms with E-state index >= 15 is 0 Å². The summed E-state index contributed by atoms with van der Waals surface area (Å²) in [6.45, 7) is 5.91. The Balaban J connectivity index is 1.42. The van der Waals surface area contributed by atoms with Crippen LogP contribution in [-0.4, -0.2) is 58.7 Å². The highest BCUT2D eigenvalue weighted by molar-refractivity contribution is 7.17. The van der Waals surface area contributed by atoms with Crippen molar-refractivity contribution in [2.75, 3.05) is 6.54 Å². The van der Waals surface area contributed by atoms with Crippen LogP contribution in [0.5, 0.6) is 11.6 Å². The van der Waals surface area contributed by atoms with E-state index in [1.54, 1.807) is 41.4 Å². The van der Waals surface area contributed by atoms with Gasteiger partial charge in [-0.1, -0.05) is 18.2 Å². The SMILES string of the molecule is CC[C@@H]1CN(Cc2cc([C@H](CC(=O)O)c3cnc4c(nnn4C)c3C)cc3ccsc23)Cc2nc(O)ccc2O1. The molecule has 6 rings (SSSR count). The summed E-state index contributed by atoms with van der Waals surface area (Å²) in [7, 11) is 1.79.